The molecule has 2 heterocycles. The largest absolute Gasteiger partial charge is 0.370 e. The van der Waals surface area contributed by atoms with Gasteiger partial charge in [-0.15, -0.1) is 0 Å². The summed E-state index contributed by atoms with van der Waals surface area (Å²) < 4.78 is 0.586. The van der Waals surface area contributed by atoms with Gasteiger partial charge in [0.15, 0.2) is 5.82 Å². The van der Waals surface area contributed by atoms with E-state index in [9.17, 15) is 4.79 Å². The number of nitrogens with zero attached hydrogens (tertiary/aromatic N) is 3. The molecule has 0 bridgehead atoms. The Labute approximate surface area is 135 Å². The molecule has 0 atom stereocenters. The minimum absolute atomic E-state index is 0.141. The molecule has 1 amide bonds. The Hall–Kier alpha value is -1.73. The van der Waals surface area contributed by atoms with Crippen LogP contribution in [-0.4, -0.2) is 27.4 Å². The summed E-state index contributed by atoms with van der Waals surface area (Å²) in [5, 5.41) is 5.98. The van der Waals surface area contributed by atoms with Gasteiger partial charge < -0.3 is 10.6 Å². The molecule has 0 saturated heterocycles. The predicted molar refractivity (Wildman–Crippen MR) is 85.7 cm³/mol. The second kappa shape index (κ2) is 7.33. The Morgan fingerprint density at radius 3 is 2.76 bits per heavy atom. The van der Waals surface area contributed by atoms with Crippen LogP contribution in [0.5, 0.6) is 0 Å². The Morgan fingerprint density at radius 2 is 2.10 bits per heavy atom. The van der Waals surface area contributed by atoms with E-state index in [-0.39, 0.29) is 10.7 Å². The molecule has 0 aromatic carbocycles. The highest BCUT2D eigenvalue weighted by Crippen LogP contribution is 2.18. The van der Waals surface area contributed by atoms with Crippen molar-refractivity contribution in [1.29, 1.82) is 0 Å². The molecule has 0 aliphatic heterocycles. The third-order valence-electron chi connectivity index (χ3n) is 2.48. The SMILES string of the molecule is CCCNc1ccc(Cl)c(C(=O)Nc2cnc(Br)cn2)n1. The topological polar surface area (TPSA) is 79.8 Å². The van der Waals surface area contributed by atoms with Crippen molar-refractivity contribution in [3.8, 4) is 0 Å². The highest BCUT2D eigenvalue weighted by molar-refractivity contribution is 9.10. The number of carbonyl (C=O) groups is 1. The standard InChI is InChI=1S/C13H13BrClN5O/c1-2-5-16-10-4-3-8(15)12(19-10)13(21)20-11-7-17-9(14)6-18-11/h3-4,6-7H,2,5H2,1H3,(H,16,19)(H,18,20,21). The van der Waals surface area contributed by atoms with Gasteiger partial charge in [0.25, 0.3) is 5.91 Å². The van der Waals surface area contributed by atoms with Crippen LogP contribution in [0.2, 0.25) is 5.02 Å². The summed E-state index contributed by atoms with van der Waals surface area (Å²) >= 11 is 9.20. The second-order valence-electron chi connectivity index (χ2n) is 4.13. The lowest BCUT2D eigenvalue weighted by Crippen LogP contribution is -2.16. The molecular weight excluding hydrogens is 358 g/mol. The van der Waals surface area contributed by atoms with E-state index in [2.05, 4.69) is 41.5 Å². The van der Waals surface area contributed by atoms with Crippen molar-refractivity contribution in [3.05, 3.63) is 39.8 Å². The number of amides is 1. The molecule has 0 spiro atoms. The first-order valence-corrected chi connectivity index (χ1v) is 7.46. The highest BCUT2D eigenvalue weighted by atomic mass is 79.9. The van der Waals surface area contributed by atoms with Gasteiger partial charge in [0.2, 0.25) is 0 Å². The zero-order chi connectivity index (χ0) is 15.2. The van der Waals surface area contributed by atoms with E-state index < -0.39 is 5.91 Å². The molecule has 110 valence electrons. The molecule has 8 heteroatoms. The van der Waals surface area contributed by atoms with Crippen LogP contribution in [0, 0.1) is 0 Å². The number of hydrogen-bond donors (Lipinski definition) is 2. The molecule has 6 nitrogen and oxygen atoms in total. The van der Waals surface area contributed by atoms with E-state index in [1.165, 1.54) is 12.4 Å². The summed E-state index contributed by atoms with van der Waals surface area (Å²) in [5.41, 5.74) is 0.141. The summed E-state index contributed by atoms with van der Waals surface area (Å²) in [4.78, 5) is 24.4. The van der Waals surface area contributed by atoms with E-state index in [1.807, 2.05) is 6.92 Å². The number of anilines is 2. The van der Waals surface area contributed by atoms with Gasteiger partial charge in [-0.05, 0) is 34.5 Å². The summed E-state index contributed by atoms with van der Waals surface area (Å²) in [7, 11) is 0. The highest BCUT2D eigenvalue weighted by Gasteiger charge is 2.14. The van der Waals surface area contributed by atoms with Crippen LogP contribution >= 0.6 is 27.5 Å². The van der Waals surface area contributed by atoms with E-state index in [0.717, 1.165) is 13.0 Å². The first-order valence-electron chi connectivity index (χ1n) is 6.29. The van der Waals surface area contributed by atoms with Crippen molar-refractivity contribution >= 4 is 45.1 Å². The minimum Gasteiger partial charge on any atom is -0.370 e. The Kier molecular flexibility index (Phi) is 5.46. The molecule has 0 aliphatic carbocycles. The van der Waals surface area contributed by atoms with E-state index in [0.29, 0.717) is 16.2 Å². The van der Waals surface area contributed by atoms with Crippen LogP contribution in [0.1, 0.15) is 23.8 Å². The molecule has 0 fully saturated rings. The fraction of sp³-hybridized carbons (Fsp3) is 0.231. The van der Waals surface area contributed by atoms with Crippen molar-refractivity contribution in [2.45, 2.75) is 13.3 Å². The minimum atomic E-state index is -0.434. The molecular formula is C13H13BrClN5O. The quantitative estimate of drug-likeness (QED) is 0.843. The zero-order valence-corrected chi connectivity index (χ0v) is 13.6. The number of aromatic nitrogens is 3. The van der Waals surface area contributed by atoms with E-state index >= 15 is 0 Å². The maximum absolute atomic E-state index is 12.2. The van der Waals surface area contributed by atoms with Crippen LogP contribution in [-0.2, 0) is 0 Å². The van der Waals surface area contributed by atoms with Crippen LogP contribution < -0.4 is 10.6 Å². The average molecular weight is 371 g/mol. The Bertz CT molecular complexity index is 635. The Morgan fingerprint density at radius 1 is 1.29 bits per heavy atom. The summed E-state index contributed by atoms with van der Waals surface area (Å²) in [6.07, 6.45) is 3.89. The van der Waals surface area contributed by atoms with E-state index in [4.69, 9.17) is 11.6 Å². The molecule has 2 aromatic heterocycles. The number of hydrogen-bond acceptors (Lipinski definition) is 5. The molecule has 0 unspecified atom stereocenters. The van der Waals surface area contributed by atoms with E-state index in [1.54, 1.807) is 12.1 Å². The van der Waals surface area contributed by atoms with Gasteiger partial charge in [0, 0.05) is 6.54 Å². The number of pyridine rings is 1. The summed E-state index contributed by atoms with van der Waals surface area (Å²) in [6.45, 7) is 2.82. The van der Waals surface area contributed by atoms with Gasteiger partial charge in [-0.25, -0.2) is 15.0 Å². The van der Waals surface area contributed by atoms with Crippen LogP contribution in [0.25, 0.3) is 0 Å². The van der Waals surface area contributed by atoms with Crippen molar-refractivity contribution in [2.75, 3.05) is 17.2 Å². The van der Waals surface area contributed by atoms with Crippen molar-refractivity contribution in [2.24, 2.45) is 0 Å². The molecule has 0 aliphatic rings. The number of rotatable bonds is 5. The predicted octanol–water partition coefficient (Wildman–Crippen LogP) is 3.36. The van der Waals surface area contributed by atoms with Crippen molar-refractivity contribution < 1.29 is 4.79 Å². The third-order valence-corrected chi connectivity index (χ3v) is 3.19. The molecule has 2 aromatic rings. The first-order chi connectivity index (χ1) is 10.1. The van der Waals surface area contributed by atoms with Gasteiger partial charge in [-0.1, -0.05) is 18.5 Å². The van der Waals surface area contributed by atoms with Crippen LogP contribution in [0.4, 0.5) is 11.6 Å². The maximum atomic E-state index is 12.2. The van der Waals surface area contributed by atoms with Gasteiger partial charge >= 0.3 is 0 Å². The van der Waals surface area contributed by atoms with Crippen molar-refractivity contribution in [3.63, 3.8) is 0 Å². The van der Waals surface area contributed by atoms with Crippen LogP contribution in [0.3, 0.4) is 0 Å². The zero-order valence-electron chi connectivity index (χ0n) is 11.2. The smallest absolute Gasteiger partial charge is 0.277 e. The van der Waals surface area contributed by atoms with Crippen molar-refractivity contribution in [1.82, 2.24) is 15.0 Å². The van der Waals surface area contributed by atoms with Gasteiger partial charge in [-0.2, -0.15) is 0 Å². The lowest BCUT2D eigenvalue weighted by Gasteiger charge is -2.08. The lowest BCUT2D eigenvalue weighted by atomic mass is 10.3. The van der Waals surface area contributed by atoms with Gasteiger partial charge in [0.1, 0.15) is 16.1 Å². The fourth-order valence-corrected chi connectivity index (χ4v) is 1.90. The number of halogens is 2. The molecule has 21 heavy (non-hydrogen) atoms. The summed E-state index contributed by atoms with van der Waals surface area (Å²) in [6, 6.07) is 3.36. The normalized spacial score (nSPS) is 10.2. The average Bonchev–Trinajstić information content (AvgIpc) is 2.48. The van der Waals surface area contributed by atoms with Gasteiger partial charge in [0.05, 0.1) is 17.4 Å². The van der Waals surface area contributed by atoms with Gasteiger partial charge in [-0.3, -0.25) is 4.79 Å². The maximum Gasteiger partial charge on any atom is 0.277 e. The molecule has 2 rings (SSSR count). The first kappa shape index (κ1) is 15.7. The third kappa shape index (κ3) is 4.37. The second-order valence-corrected chi connectivity index (χ2v) is 5.35. The molecule has 2 N–H and O–H groups in total. The fourth-order valence-electron chi connectivity index (χ4n) is 1.51. The summed E-state index contributed by atoms with van der Waals surface area (Å²) in [5.74, 6) is 0.498. The number of nitrogens with one attached hydrogen (secondary N) is 2. The molecule has 0 saturated carbocycles. The molecule has 0 radical (unpaired) electrons. The monoisotopic (exact) mass is 369 g/mol. The number of carbonyl (C=O) groups excluding carboxylic acids is 1. The van der Waals surface area contributed by atoms with Crippen LogP contribution in [0.15, 0.2) is 29.1 Å². The Balaban J connectivity index is 2.15. The lowest BCUT2D eigenvalue weighted by molar-refractivity contribution is 0.102.